The van der Waals surface area contributed by atoms with Crippen LogP contribution in [0, 0.1) is 0 Å². The lowest BCUT2D eigenvalue weighted by atomic mass is 10.1. The van der Waals surface area contributed by atoms with Gasteiger partial charge >= 0.3 is 6.47 Å². The van der Waals surface area contributed by atoms with Crippen molar-refractivity contribution in [1.29, 1.82) is 0 Å². The van der Waals surface area contributed by atoms with Crippen LogP contribution in [0.15, 0.2) is 41.3 Å². The van der Waals surface area contributed by atoms with E-state index in [9.17, 15) is 22.8 Å². The summed E-state index contributed by atoms with van der Waals surface area (Å²) in [5, 5.41) is 1.84. The molecule has 11 nitrogen and oxygen atoms in total. The molecule has 0 bridgehead atoms. The molecule has 0 radical (unpaired) electrons. The lowest BCUT2D eigenvalue weighted by molar-refractivity contribution is -0.164. The highest BCUT2D eigenvalue weighted by molar-refractivity contribution is 7.89. The van der Waals surface area contributed by atoms with Gasteiger partial charge in [0.15, 0.2) is 0 Å². The second-order valence-corrected chi connectivity index (χ2v) is 13.5. The van der Waals surface area contributed by atoms with Gasteiger partial charge < -0.3 is 19.4 Å². The minimum Gasteiger partial charge on any atom is -0.373 e. The average Bonchev–Trinajstić information content (AvgIpc) is 3.33. The van der Waals surface area contributed by atoms with Crippen molar-refractivity contribution in [1.82, 2.24) is 19.2 Å². The first-order valence-electron chi connectivity index (χ1n) is 14.2. The molecule has 2 unspecified atom stereocenters. The van der Waals surface area contributed by atoms with Crippen molar-refractivity contribution in [3.05, 3.63) is 41.4 Å². The number of hydrogen-bond donors (Lipinski definition) is 0. The number of likely N-dealkylation sites (tertiary alicyclic amines) is 1. The zero-order valence-corrected chi connectivity index (χ0v) is 26.2. The third-order valence-corrected chi connectivity index (χ3v) is 9.84. The number of carbonyl (C=O) groups excluding carboxylic acids is 3. The smallest absolute Gasteiger partial charge is 0.314 e. The quantitative estimate of drug-likeness (QED) is 0.277. The molecule has 3 atom stereocenters. The molecule has 2 heterocycles. The zero-order valence-electron chi connectivity index (χ0n) is 24.6. The van der Waals surface area contributed by atoms with Gasteiger partial charge in [-0.05, 0) is 80.5 Å². The maximum Gasteiger partial charge on any atom is 0.314 e. The van der Waals surface area contributed by atoms with Gasteiger partial charge in [-0.1, -0.05) is 23.7 Å². The number of fused-ring (bicyclic) bond motifs is 1. The van der Waals surface area contributed by atoms with Crippen molar-refractivity contribution in [2.75, 3.05) is 32.8 Å². The molecule has 2 saturated heterocycles. The first-order chi connectivity index (χ1) is 19.8. The van der Waals surface area contributed by atoms with Crippen LogP contribution in [0.1, 0.15) is 41.0 Å². The third-order valence-electron chi connectivity index (χ3n) is 7.94. The van der Waals surface area contributed by atoms with Crippen LogP contribution >= 0.6 is 11.6 Å². The van der Waals surface area contributed by atoms with Crippen LogP contribution in [-0.4, -0.2) is 109 Å². The van der Waals surface area contributed by atoms with Crippen molar-refractivity contribution in [2.45, 2.75) is 76.2 Å². The highest BCUT2D eigenvalue weighted by Crippen LogP contribution is 2.29. The Labute approximate surface area is 252 Å². The highest BCUT2D eigenvalue weighted by atomic mass is 35.5. The van der Waals surface area contributed by atoms with E-state index in [1.165, 1.54) is 17.0 Å². The molecule has 0 saturated carbocycles. The van der Waals surface area contributed by atoms with Gasteiger partial charge in [-0.2, -0.15) is 0 Å². The molecular weight excluding hydrogens is 584 g/mol. The van der Waals surface area contributed by atoms with Crippen LogP contribution in [0.5, 0.6) is 0 Å². The van der Waals surface area contributed by atoms with E-state index in [0.29, 0.717) is 53.2 Å². The lowest BCUT2D eigenvalue weighted by Gasteiger charge is -2.40. The van der Waals surface area contributed by atoms with E-state index >= 15 is 0 Å². The summed E-state index contributed by atoms with van der Waals surface area (Å²) in [5.74, 6) is -0.846. The Hall–Kier alpha value is -2.77. The molecule has 2 aliphatic heterocycles. The number of ether oxygens (including phenoxy) is 1. The molecule has 4 rings (SSSR count). The van der Waals surface area contributed by atoms with E-state index < -0.39 is 28.0 Å². The molecular formula is C29H39ClN4O7S. The van der Waals surface area contributed by atoms with E-state index in [2.05, 4.69) is 32.6 Å². The number of morpholine rings is 1. The second-order valence-electron chi connectivity index (χ2n) is 11.3. The van der Waals surface area contributed by atoms with Gasteiger partial charge in [0.1, 0.15) is 12.1 Å². The third kappa shape index (κ3) is 6.73. The van der Waals surface area contributed by atoms with Gasteiger partial charge in [-0.15, -0.1) is 0 Å². The number of rotatable bonds is 11. The molecule has 42 heavy (non-hydrogen) atoms. The van der Waals surface area contributed by atoms with E-state index in [4.69, 9.17) is 21.2 Å². The highest BCUT2D eigenvalue weighted by Gasteiger charge is 2.47. The van der Waals surface area contributed by atoms with Gasteiger partial charge in [0.25, 0.3) is 10.0 Å². The fourth-order valence-corrected chi connectivity index (χ4v) is 7.33. The van der Waals surface area contributed by atoms with Crippen LogP contribution in [0.2, 0.25) is 5.02 Å². The monoisotopic (exact) mass is 622 g/mol. The average molecular weight is 623 g/mol. The first-order valence-corrected chi connectivity index (χ1v) is 16.0. The number of nitrogens with zero attached hydrogens (tertiary/aromatic N) is 4. The predicted octanol–water partition coefficient (Wildman–Crippen LogP) is 2.91. The van der Waals surface area contributed by atoms with Crippen LogP contribution in [0.4, 0.5) is 0 Å². The lowest BCUT2D eigenvalue weighted by Crippen LogP contribution is -2.56. The summed E-state index contributed by atoms with van der Waals surface area (Å²) < 4.78 is 33.6. The number of benzene rings is 2. The van der Waals surface area contributed by atoms with Crippen LogP contribution in [0.25, 0.3) is 10.8 Å². The molecule has 2 aromatic rings. The summed E-state index contributed by atoms with van der Waals surface area (Å²) in [4.78, 5) is 48.6. The summed E-state index contributed by atoms with van der Waals surface area (Å²) in [6, 6.07) is 7.90. The number of sulfonamides is 1. The molecule has 230 valence electrons. The van der Waals surface area contributed by atoms with Gasteiger partial charge in [0.05, 0.1) is 17.6 Å². The summed E-state index contributed by atoms with van der Waals surface area (Å²) >= 11 is 6.04. The maximum absolute atomic E-state index is 13.6. The van der Waals surface area contributed by atoms with E-state index in [-0.39, 0.29) is 36.3 Å². The molecule has 0 aliphatic carbocycles. The van der Waals surface area contributed by atoms with Gasteiger partial charge in [-0.25, -0.2) is 8.42 Å². The van der Waals surface area contributed by atoms with Crippen LogP contribution in [0.3, 0.4) is 0 Å². The Morgan fingerprint density at radius 2 is 1.76 bits per heavy atom. The fourth-order valence-electron chi connectivity index (χ4n) is 5.75. The molecule has 2 aromatic carbocycles. The zero-order chi connectivity index (χ0) is 30.8. The predicted molar refractivity (Wildman–Crippen MR) is 158 cm³/mol. The number of hydrogen-bond acceptors (Lipinski definition) is 8. The Morgan fingerprint density at radius 1 is 1.10 bits per heavy atom. The summed E-state index contributed by atoms with van der Waals surface area (Å²) in [6.07, 6.45) is -0.114. The Bertz CT molecular complexity index is 1410. The SMILES string of the molecule is CC(C)N(CC1CN(C(=O)[C@H](C)N2CCC(N(OC=O)S(=O)(=O)c3ccc4cc(Cl)ccc4c3)C2=O)CCO1)C(C)C. The number of hydroxylamine groups is 1. The van der Waals surface area contributed by atoms with Crippen molar-refractivity contribution < 1.29 is 32.4 Å². The molecule has 2 amide bonds. The Morgan fingerprint density at radius 3 is 2.43 bits per heavy atom. The maximum atomic E-state index is 13.6. The number of carbonyl (C=O) groups is 3. The second kappa shape index (κ2) is 13.3. The first kappa shape index (κ1) is 32.2. The largest absolute Gasteiger partial charge is 0.373 e. The van der Waals surface area contributed by atoms with Crippen LogP contribution in [-0.2, 0) is 34.0 Å². The van der Waals surface area contributed by atoms with Gasteiger partial charge in [0.2, 0.25) is 11.8 Å². The summed E-state index contributed by atoms with van der Waals surface area (Å²) in [6.45, 7) is 12.1. The van der Waals surface area contributed by atoms with E-state index in [1.54, 1.807) is 36.1 Å². The summed E-state index contributed by atoms with van der Waals surface area (Å²) in [7, 11) is -4.42. The van der Waals surface area contributed by atoms with Crippen molar-refractivity contribution in [3.63, 3.8) is 0 Å². The molecule has 13 heteroatoms. The molecule has 2 aliphatic rings. The molecule has 0 aromatic heterocycles. The van der Waals surface area contributed by atoms with Crippen molar-refractivity contribution >= 4 is 50.7 Å². The van der Waals surface area contributed by atoms with Crippen molar-refractivity contribution in [3.8, 4) is 0 Å². The molecule has 0 N–H and O–H groups in total. The standard InChI is InChI=1S/C29H39ClN4O7S/c1-19(2)33(20(3)4)17-25-16-31(12-13-40-25)28(36)21(5)32-11-10-27(29(32)37)34(41-18-35)42(38,39)26-9-7-22-14-24(30)8-6-23(22)15-26/h6-9,14-15,18-21,25,27H,10-13,16-17H2,1-5H3/t21-,25?,27?/m0/s1. The number of amides is 2. The number of halogens is 1. The molecule has 0 spiro atoms. The van der Waals surface area contributed by atoms with E-state index in [1.807, 2.05) is 0 Å². The van der Waals surface area contributed by atoms with Crippen LogP contribution < -0.4 is 0 Å². The minimum absolute atomic E-state index is 0.0195. The normalized spacial score (nSPS) is 20.8. The fraction of sp³-hybridized carbons (Fsp3) is 0.552. The Kier molecular flexibility index (Phi) is 10.1. The van der Waals surface area contributed by atoms with Crippen molar-refractivity contribution in [2.24, 2.45) is 0 Å². The van der Waals surface area contributed by atoms with Gasteiger partial charge in [0, 0.05) is 43.3 Å². The summed E-state index contributed by atoms with van der Waals surface area (Å²) in [5.41, 5.74) is 0. The Balaban J connectivity index is 1.48. The molecule has 2 fully saturated rings. The topological polar surface area (TPSA) is 117 Å². The minimum atomic E-state index is -4.42. The van der Waals surface area contributed by atoms with Gasteiger partial charge in [-0.3, -0.25) is 19.3 Å². The van der Waals surface area contributed by atoms with E-state index in [0.717, 1.165) is 5.39 Å².